The third-order valence-corrected chi connectivity index (χ3v) is 3.37. The summed E-state index contributed by atoms with van der Waals surface area (Å²) in [5.74, 6) is -0.518. The van der Waals surface area contributed by atoms with Crippen molar-refractivity contribution in [2.75, 3.05) is 0 Å². The number of rotatable bonds is 5. The van der Waals surface area contributed by atoms with Crippen LogP contribution in [0.2, 0.25) is 5.02 Å². The van der Waals surface area contributed by atoms with Gasteiger partial charge < -0.3 is 4.74 Å². The second kappa shape index (κ2) is 6.57. The number of carbonyl (C=O) groups is 1. The number of nitro groups is 1. The summed E-state index contributed by atoms with van der Waals surface area (Å²) < 4.78 is 6.40. The highest BCUT2D eigenvalue weighted by Gasteiger charge is 2.23. The van der Waals surface area contributed by atoms with E-state index < -0.39 is 10.9 Å². The van der Waals surface area contributed by atoms with Gasteiger partial charge in [0.15, 0.2) is 0 Å². The van der Waals surface area contributed by atoms with Crippen LogP contribution in [0.15, 0.2) is 24.3 Å². The van der Waals surface area contributed by atoms with E-state index in [1.165, 1.54) is 11.6 Å². The minimum atomic E-state index is -0.518. The smallest absolute Gasteiger partial charge is 0.328 e. The van der Waals surface area contributed by atoms with Crippen molar-refractivity contribution in [1.29, 1.82) is 0 Å². The molecule has 0 saturated carbocycles. The molecule has 0 spiro atoms. The van der Waals surface area contributed by atoms with Crippen LogP contribution in [0.25, 0.3) is 0 Å². The van der Waals surface area contributed by atoms with Gasteiger partial charge in [0.25, 0.3) is 0 Å². The van der Waals surface area contributed by atoms with Crippen molar-refractivity contribution in [3.63, 3.8) is 0 Å². The predicted molar refractivity (Wildman–Crippen MR) is 79.6 cm³/mol. The molecule has 2 rings (SSSR count). The zero-order chi connectivity index (χ0) is 16.3. The fourth-order valence-corrected chi connectivity index (χ4v) is 2.14. The fraction of sp³-hybridized carbons (Fsp3) is 0.286. The van der Waals surface area contributed by atoms with Gasteiger partial charge in [0.05, 0.1) is 4.92 Å². The average molecular weight is 324 g/mol. The summed E-state index contributed by atoms with van der Waals surface area (Å²) in [6.45, 7) is 3.01. The summed E-state index contributed by atoms with van der Waals surface area (Å²) in [6, 6.07) is 6.91. The minimum absolute atomic E-state index is 0.0782. The molecule has 0 bridgehead atoms. The summed E-state index contributed by atoms with van der Waals surface area (Å²) in [4.78, 5) is 22.2. The van der Waals surface area contributed by atoms with Crippen molar-refractivity contribution in [1.82, 2.24) is 9.78 Å². The van der Waals surface area contributed by atoms with Gasteiger partial charge in [-0.3, -0.25) is 19.6 Å². The molecule has 1 aromatic carbocycles. The molecular weight excluding hydrogens is 310 g/mol. The molecule has 0 amide bonds. The van der Waals surface area contributed by atoms with E-state index in [-0.39, 0.29) is 24.5 Å². The Kier molecular flexibility index (Phi) is 4.77. The SMILES string of the molecule is Cc1nn(CC(=O)OCc2ccc(Cl)cc2)c(C)c1[N+](=O)[O-]. The van der Waals surface area contributed by atoms with Gasteiger partial charge in [-0.2, -0.15) is 5.10 Å². The summed E-state index contributed by atoms with van der Waals surface area (Å²) in [5.41, 5.74) is 1.32. The quantitative estimate of drug-likeness (QED) is 0.479. The maximum absolute atomic E-state index is 11.8. The third-order valence-electron chi connectivity index (χ3n) is 3.12. The van der Waals surface area contributed by atoms with Gasteiger partial charge in [0.2, 0.25) is 0 Å². The van der Waals surface area contributed by atoms with Crippen LogP contribution in [0, 0.1) is 24.0 Å². The van der Waals surface area contributed by atoms with E-state index in [1.807, 2.05) is 0 Å². The number of ether oxygens (including phenoxy) is 1. The number of halogens is 1. The Balaban J connectivity index is 1.99. The Hall–Kier alpha value is -2.41. The molecule has 22 heavy (non-hydrogen) atoms. The fourth-order valence-electron chi connectivity index (χ4n) is 2.02. The molecule has 2 aromatic rings. The van der Waals surface area contributed by atoms with E-state index >= 15 is 0 Å². The molecule has 8 heteroatoms. The van der Waals surface area contributed by atoms with Gasteiger partial charge in [-0.1, -0.05) is 23.7 Å². The molecule has 1 aromatic heterocycles. The first-order chi connectivity index (χ1) is 10.4. The van der Waals surface area contributed by atoms with Crippen LogP contribution >= 0.6 is 11.6 Å². The van der Waals surface area contributed by atoms with Crippen LogP contribution in [-0.2, 0) is 22.7 Å². The zero-order valence-electron chi connectivity index (χ0n) is 12.1. The molecule has 0 fully saturated rings. The Bertz CT molecular complexity index is 710. The first kappa shape index (κ1) is 16.0. The highest BCUT2D eigenvalue weighted by atomic mass is 35.5. The highest BCUT2D eigenvalue weighted by Crippen LogP contribution is 2.21. The van der Waals surface area contributed by atoms with Gasteiger partial charge in [-0.15, -0.1) is 0 Å². The first-order valence-electron chi connectivity index (χ1n) is 6.47. The number of hydrogen-bond donors (Lipinski definition) is 0. The molecular formula is C14H14ClN3O4. The molecule has 116 valence electrons. The van der Waals surface area contributed by atoms with Gasteiger partial charge >= 0.3 is 11.7 Å². The van der Waals surface area contributed by atoms with Crippen molar-refractivity contribution in [3.8, 4) is 0 Å². The van der Waals surface area contributed by atoms with E-state index in [0.717, 1.165) is 5.56 Å². The number of aryl methyl sites for hydroxylation is 1. The number of nitrogens with zero attached hydrogens (tertiary/aromatic N) is 3. The Morgan fingerprint density at radius 2 is 2.00 bits per heavy atom. The monoisotopic (exact) mass is 323 g/mol. The summed E-state index contributed by atoms with van der Waals surface area (Å²) in [7, 11) is 0. The number of hydrogen-bond acceptors (Lipinski definition) is 5. The second-order valence-electron chi connectivity index (χ2n) is 4.72. The zero-order valence-corrected chi connectivity index (χ0v) is 12.8. The van der Waals surface area contributed by atoms with Crippen molar-refractivity contribution in [3.05, 3.63) is 56.4 Å². The molecule has 0 saturated heterocycles. The average Bonchev–Trinajstić information content (AvgIpc) is 2.72. The lowest BCUT2D eigenvalue weighted by molar-refractivity contribution is -0.386. The van der Waals surface area contributed by atoms with Gasteiger partial charge in [0.1, 0.15) is 24.5 Å². The van der Waals surface area contributed by atoms with Gasteiger partial charge in [0, 0.05) is 5.02 Å². The first-order valence-corrected chi connectivity index (χ1v) is 6.84. The number of carbonyl (C=O) groups excluding carboxylic acids is 1. The van der Waals surface area contributed by atoms with E-state index in [0.29, 0.717) is 10.7 Å². The highest BCUT2D eigenvalue weighted by molar-refractivity contribution is 6.30. The van der Waals surface area contributed by atoms with Crippen LogP contribution in [-0.4, -0.2) is 20.7 Å². The van der Waals surface area contributed by atoms with Crippen molar-refractivity contribution < 1.29 is 14.5 Å². The van der Waals surface area contributed by atoms with Crippen LogP contribution in [0.3, 0.4) is 0 Å². The lowest BCUT2D eigenvalue weighted by atomic mass is 10.2. The van der Waals surface area contributed by atoms with Crippen molar-refractivity contribution in [2.45, 2.75) is 27.0 Å². The molecule has 7 nitrogen and oxygen atoms in total. The molecule has 0 aliphatic heterocycles. The maximum atomic E-state index is 11.8. The Labute approximate surface area is 131 Å². The lowest BCUT2D eigenvalue weighted by Gasteiger charge is -2.06. The number of benzene rings is 1. The minimum Gasteiger partial charge on any atom is -0.459 e. The third kappa shape index (κ3) is 3.62. The molecule has 0 radical (unpaired) electrons. The summed E-state index contributed by atoms with van der Waals surface area (Å²) in [6.07, 6.45) is 0. The topological polar surface area (TPSA) is 87.3 Å². The second-order valence-corrected chi connectivity index (χ2v) is 5.16. The molecule has 0 unspecified atom stereocenters. The van der Waals surface area contributed by atoms with Crippen LogP contribution in [0.1, 0.15) is 17.0 Å². The molecule has 0 aliphatic rings. The normalized spacial score (nSPS) is 10.5. The summed E-state index contributed by atoms with van der Waals surface area (Å²) >= 11 is 5.77. The molecule has 0 atom stereocenters. The van der Waals surface area contributed by atoms with Crippen molar-refractivity contribution in [2.24, 2.45) is 0 Å². The molecule has 0 aliphatic carbocycles. The Morgan fingerprint density at radius 3 is 2.55 bits per heavy atom. The molecule has 1 heterocycles. The summed E-state index contributed by atoms with van der Waals surface area (Å²) in [5, 5.41) is 15.5. The predicted octanol–water partition coefficient (Wildman–Crippen LogP) is 2.80. The van der Waals surface area contributed by atoms with E-state index in [4.69, 9.17) is 16.3 Å². The van der Waals surface area contributed by atoms with Crippen LogP contribution in [0.5, 0.6) is 0 Å². The van der Waals surface area contributed by atoms with Gasteiger partial charge in [-0.25, -0.2) is 0 Å². The van der Waals surface area contributed by atoms with E-state index in [9.17, 15) is 14.9 Å². The molecule has 0 N–H and O–H groups in total. The van der Waals surface area contributed by atoms with E-state index in [1.54, 1.807) is 31.2 Å². The van der Waals surface area contributed by atoms with Crippen LogP contribution < -0.4 is 0 Å². The van der Waals surface area contributed by atoms with Crippen LogP contribution in [0.4, 0.5) is 5.69 Å². The Morgan fingerprint density at radius 1 is 1.36 bits per heavy atom. The largest absolute Gasteiger partial charge is 0.459 e. The van der Waals surface area contributed by atoms with E-state index in [2.05, 4.69) is 5.10 Å². The number of esters is 1. The standard InChI is InChI=1S/C14H14ClN3O4/c1-9-14(18(20)21)10(2)17(16-9)7-13(19)22-8-11-3-5-12(15)6-4-11/h3-6H,7-8H2,1-2H3. The lowest BCUT2D eigenvalue weighted by Crippen LogP contribution is -2.15. The number of aromatic nitrogens is 2. The maximum Gasteiger partial charge on any atom is 0.328 e. The van der Waals surface area contributed by atoms with Gasteiger partial charge in [-0.05, 0) is 31.5 Å². The van der Waals surface area contributed by atoms with Crippen molar-refractivity contribution >= 4 is 23.3 Å².